The van der Waals surface area contributed by atoms with Crippen LogP contribution in [0.15, 0.2) is 55.8 Å². The number of amides is 14. The molecule has 3 saturated heterocycles. The van der Waals surface area contributed by atoms with Gasteiger partial charge < -0.3 is 94.2 Å². The number of aliphatic carboxylic acids is 1. The van der Waals surface area contributed by atoms with Gasteiger partial charge in [0.2, 0.25) is 53.0 Å². The standard InChI is InChI=1S/C36H55N7O6.C36H53N7O6.C27H39N5O5.C9H18N2O2/c2*1-5-10-25(29(44)34(48)39-23-15-16-23)40-33(47)28-24-14-9-13-22(24)20-43(28)35(49)30(36(2,3)4)42-32(46)27(21-11-7-6-8-12-21)41-31(45)26-19-37-17-18-38-26;1-27(2,3)22(25(35)32-15-17-10-7-11-18(17)21(32)26(36)37)31-24(34)20(16-8-5-4-6-9-16)30-23(33)19-14-28-12-13-29-19;1-2-3-7(10)8(12)9(13)11-6-4-5-6/h17-19,21-25,27-30,44H,5-16,20H2,1-4H3,(H,39,48)(H,40,47)(H,41,45)(H,42,46);17-19,21-25,27-28,30H,5-16,20H2,1-4H3,(H,39,48)(H,40,47)(H,41,45)(H,42,46);12-14,16-18,20-22H,4-11,15H2,1-3H3,(H,30,33)(H,31,34)(H,36,37);6-8,12H,2-5,10H2,1H3,(H,11,13)/t22-,24-,25-,27-,28-,29?,30+;22-,24-,25-,27-,28-,30+;17-,18-,20-,21-,22+;7-,8?/m0000/s1. The molecule has 3 aromatic rings. The largest absolute Gasteiger partial charge is 0.480 e. The van der Waals surface area contributed by atoms with Crippen molar-refractivity contribution in [2.24, 2.45) is 75.2 Å². The SMILES string of the molecule is CC(C)(C)[C@H](NC(=O)[C@@H](NC(=O)c1cnccn1)C1CCCCC1)C(=O)N1C[C@@H]2CCC[C@@H]2[C@H]1C(=O)O.CCC[C@H](N)C(O)C(=O)NC1CC1.CCC[C@H](NC(=O)[C@@H]1[C@H]2CCC[C@H]2CN1C(=O)[C@@H](NC(=O)[C@@H](NC(=O)c1cnccn1)C1CCCCC1)C(C)(C)C)C(=O)C(=O)NC1CC1.CCC[C@H](NC(=O)[C@@H]1[C@H]2CCC[C@H]2CN1C(=O)[C@@H](NC(=O)[C@@H](NC(=O)c1cnccn1)C1CCCCC1)C(C)(C)C)C(O)C(=O)NC1CC1. The Morgan fingerprint density at radius 1 is 0.358 bits per heavy atom. The van der Waals surface area contributed by atoms with Gasteiger partial charge in [-0.2, -0.15) is 0 Å². The minimum absolute atomic E-state index is 0.0132. The van der Waals surface area contributed by atoms with Crippen LogP contribution in [0.1, 0.15) is 346 Å². The lowest BCUT2D eigenvalue weighted by atomic mass is 9.82. The first-order chi connectivity index (χ1) is 70.5. The van der Waals surface area contributed by atoms with E-state index >= 15 is 0 Å². The fourth-order valence-electron chi connectivity index (χ4n) is 23.5. The van der Waals surface area contributed by atoms with Gasteiger partial charge in [-0.25, -0.2) is 19.7 Å². The molecule has 816 valence electrons. The number of fused-ring (bicyclic) bond motifs is 3. The van der Waals surface area contributed by atoms with E-state index in [1.54, 1.807) is 9.80 Å². The molecule has 148 heavy (non-hydrogen) atoms. The molecule has 3 aromatic heterocycles. The van der Waals surface area contributed by atoms with E-state index in [9.17, 15) is 92.0 Å². The van der Waals surface area contributed by atoms with Crippen molar-refractivity contribution in [1.29, 1.82) is 0 Å². The number of carboxylic acids is 1. The number of hydrogen-bond donors (Lipinski definition) is 15. The van der Waals surface area contributed by atoms with Crippen molar-refractivity contribution in [3.8, 4) is 0 Å². The van der Waals surface area contributed by atoms with Gasteiger partial charge in [-0.05, 0) is 204 Å². The highest BCUT2D eigenvalue weighted by molar-refractivity contribution is 6.38. The molecule has 0 radical (unpaired) electrons. The van der Waals surface area contributed by atoms with Gasteiger partial charge in [0.25, 0.3) is 35.4 Å². The van der Waals surface area contributed by atoms with Crippen LogP contribution in [0.5, 0.6) is 0 Å². The Morgan fingerprint density at radius 3 is 0.986 bits per heavy atom. The molecule has 0 spiro atoms. The number of carboxylic acid groups (broad SMARTS) is 1. The van der Waals surface area contributed by atoms with Crippen molar-refractivity contribution < 1.29 is 92.0 Å². The summed E-state index contributed by atoms with van der Waals surface area (Å²) in [6.07, 6.45) is 40.8. The molecule has 9 saturated carbocycles. The van der Waals surface area contributed by atoms with Crippen LogP contribution in [0.3, 0.4) is 0 Å². The molecular weight excluding hydrogens is 1900 g/mol. The van der Waals surface area contributed by atoms with Crippen LogP contribution in [0.2, 0.25) is 0 Å². The van der Waals surface area contributed by atoms with Crippen LogP contribution >= 0.6 is 0 Å². The maximum Gasteiger partial charge on any atom is 0.326 e. The molecule has 20 atom stereocenters. The zero-order valence-corrected chi connectivity index (χ0v) is 88.8. The average molecular weight is 2060 g/mol. The number of carbonyl (C=O) groups excluding carboxylic acids is 15. The van der Waals surface area contributed by atoms with Crippen LogP contribution in [-0.4, -0.2) is 277 Å². The van der Waals surface area contributed by atoms with E-state index in [2.05, 4.69) is 88.4 Å². The van der Waals surface area contributed by atoms with Gasteiger partial charge in [0.15, 0.2) is 6.10 Å². The Morgan fingerprint density at radius 2 is 0.676 bits per heavy atom. The molecule has 14 amide bonds. The third-order valence-corrected chi connectivity index (χ3v) is 32.0. The summed E-state index contributed by atoms with van der Waals surface area (Å²) in [5.74, 6) is -7.90. The summed E-state index contributed by atoms with van der Waals surface area (Å²) in [4.78, 5) is 243. The van der Waals surface area contributed by atoms with Gasteiger partial charge in [0.1, 0.15) is 77.6 Å². The Bertz CT molecular complexity index is 5030. The average Bonchev–Trinajstić information content (AvgIpc) is 1.62. The van der Waals surface area contributed by atoms with Gasteiger partial charge in [-0.1, -0.05) is 179 Å². The van der Waals surface area contributed by atoms with Crippen molar-refractivity contribution in [3.05, 3.63) is 72.9 Å². The Balaban J connectivity index is 0.000000187. The summed E-state index contributed by atoms with van der Waals surface area (Å²) in [7, 11) is 0. The number of hydrogen-bond acceptors (Lipinski definition) is 25. The van der Waals surface area contributed by atoms with Crippen molar-refractivity contribution in [3.63, 3.8) is 0 Å². The molecule has 6 heterocycles. The van der Waals surface area contributed by atoms with Crippen molar-refractivity contribution in [1.82, 2.24) is 103 Å². The quantitative estimate of drug-likeness (QED) is 0.0261. The molecule has 15 rings (SSSR count). The summed E-state index contributed by atoms with van der Waals surface area (Å²) in [6.45, 7) is 23.7. The second-order valence-corrected chi connectivity index (χ2v) is 46.7. The molecule has 2 unspecified atom stereocenters. The first-order valence-electron chi connectivity index (χ1n) is 54.9. The molecule has 12 fully saturated rings. The Kier molecular flexibility index (Phi) is 41.4. The first kappa shape index (κ1) is 116. The molecule has 9 aliphatic carbocycles. The Labute approximate surface area is 869 Å². The second-order valence-electron chi connectivity index (χ2n) is 46.7. The van der Waals surface area contributed by atoms with Gasteiger partial charge in [-0.3, -0.25) is 86.9 Å². The van der Waals surface area contributed by atoms with E-state index in [0.717, 1.165) is 199 Å². The van der Waals surface area contributed by atoms with Crippen LogP contribution in [0.4, 0.5) is 0 Å². The van der Waals surface area contributed by atoms with E-state index in [1.165, 1.54) is 60.7 Å². The summed E-state index contributed by atoms with van der Waals surface area (Å²) in [6, 6.07) is -9.80. The van der Waals surface area contributed by atoms with E-state index in [1.807, 2.05) is 83.1 Å². The second kappa shape index (κ2) is 53.0. The van der Waals surface area contributed by atoms with Crippen molar-refractivity contribution >= 4 is 94.5 Å². The predicted molar refractivity (Wildman–Crippen MR) is 547 cm³/mol. The van der Waals surface area contributed by atoms with Gasteiger partial charge in [-0.15, -0.1) is 0 Å². The molecule has 0 aromatic carbocycles. The number of nitrogens with two attached hydrogens (primary N) is 1. The Hall–Kier alpha value is -11.2. The minimum Gasteiger partial charge on any atom is -0.480 e. The summed E-state index contributed by atoms with van der Waals surface area (Å²) < 4.78 is 0. The highest BCUT2D eigenvalue weighted by atomic mass is 16.4. The maximum atomic E-state index is 14.6. The van der Waals surface area contributed by atoms with E-state index < -0.39 is 166 Å². The fourth-order valence-corrected chi connectivity index (χ4v) is 23.5. The number of nitrogens with one attached hydrogen (secondary N) is 11. The number of likely N-dealkylation sites (tertiary alicyclic amines) is 3. The summed E-state index contributed by atoms with van der Waals surface area (Å²) in [5, 5.41) is 62.1. The van der Waals surface area contributed by atoms with Crippen molar-refractivity contribution in [2.75, 3.05) is 19.6 Å². The smallest absolute Gasteiger partial charge is 0.326 e. The normalized spacial score (nSPS) is 24.6. The molecule has 40 heteroatoms. The molecule has 0 bridgehead atoms. The van der Waals surface area contributed by atoms with Gasteiger partial charge >= 0.3 is 5.97 Å². The third-order valence-electron chi connectivity index (χ3n) is 32.0. The first-order valence-corrected chi connectivity index (χ1v) is 54.9. The minimum atomic E-state index is -1.40. The summed E-state index contributed by atoms with van der Waals surface area (Å²) in [5.41, 5.74) is 3.81. The van der Waals surface area contributed by atoms with Crippen LogP contribution < -0.4 is 64.2 Å². The van der Waals surface area contributed by atoms with E-state index in [-0.39, 0.29) is 118 Å². The van der Waals surface area contributed by atoms with Crippen molar-refractivity contribution in [2.45, 2.75) is 417 Å². The number of aliphatic hydroxyl groups is 2. The molecular formula is C108H165N21O19. The summed E-state index contributed by atoms with van der Waals surface area (Å²) >= 11 is 0. The molecule has 3 aliphatic heterocycles. The topological polar surface area (TPSA) is 579 Å². The third kappa shape index (κ3) is 31.1. The molecule has 16 N–H and O–H groups in total. The number of ketones is 1. The monoisotopic (exact) mass is 2060 g/mol. The van der Waals surface area contributed by atoms with Crippen LogP contribution in [-0.2, 0) is 62.3 Å². The lowest BCUT2D eigenvalue weighted by Crippen LogP contribution is -2.62. The number of aromatic nitrogens is 6. The van der Waals surface area contributed by atoms with Crippen LogP contribution in [0, 0.1) is 69.5 Å². The fraction of sp³-hybridized carbons (Fsp3) is 0.741. The van der Waals surface area contributed by atoms with E-state index in [0.29, 0.717) is 51.7 Å². The lowest BCUT2D eigenvalue weighted by molar-refractivity contribution is -0.152. The molecule has 12 aliphatic rings. The highest BCUT2D eigenvalue weighted by Gasteiger charge is 2.57. The highest BCUT2D eigenvalue weighted by Crippen LogP contribution is 2.47. The molecule has 40 nitrogen and oxygen atoms in total. The number of nitrogens with zero attached hydrogens (tertiary/aromatic N) is 9. The lowest BCUT2D eigenvalue weighted by Gasteiger charge is -2.38. The number of rotatable bonds is 38. The van der Waals surface area contributed by atoms with Crippen LogP contribution in [0.25, 0.3) is 0 Å². The van der Waals surface area contributed by atoms with E-state index in [4.69, 9.17) is 5.73 Å². The van der Waals surface area contributed by atoms with Gasteiger partial charge in [0.05, 0.1) is 30.7 Å². The maximum absolute atomic E-state index is 14.6. The number of Topliss-reactive ketones (excluding diaryl/α,β-unsaturated/α-hetero) is 1. The zero-order valence-electron chi connectivity index (χ0n) is 88.8. The zero-order chi connectivity index (χ0) is 107. The number of carbonyl (C=O) groups is 16. The van der Waals surface area contributed by atoms with Gasteiger partial charge in [0, 0.05) is 81.0 Å². The predicted octanol–water partition coefficient (Wildman–Crippen LogP) is 6.83. The number of aliphatic hydroxyl groups excluding tert-OH is 2.